The summed E-state index contributed by atoms with van der Waals surface area (Å²) in [5.74, 6) is -0.443. The zero-order chi connectivity index (χ0) is 21.6. The van der Waals surface area contributed by atoms with Crippen LogP contribution in [-0.4, -0.2) is 33.7 Å². The lowest BCUT2D eigenvalue weighted by Gasteiger charge is -2.36. The molecule has 0 bridgehead atoms. The molecule has 0 radical (unpaired) electrons. The number of carbonyl (C=O) groups is 1. The van der Waals surface area contributed by atoms with Crippen molar-refractivity contribution in [2.24, 2.45) is 0 Å². The number of rotatable bonds is 3. The van der Waals surface area contributed by atoms with Crippen molar-refractivity contribution in [1.82, 2.24) is 14.9 Å². The number of H-pyrrole nitrogens is 1. The van der Waals surface area contributed by atoms with Gasteiger partial charge in [-0.15, -0.1) is 24.5 Å². The van der Waals surface area contributed by atoms with E-state index in [-0.39, 0.29) is 11.7 Å². The number of benzene rings is 2. The molecule has 3 heterocycles. The van der Waals surface area contributed by atoms with E-state index in [4.69, 9.17) is 0 Å². The smallest absolute Gasteiger partial charge is 0.406 e. The summed E-state index contributed by atoms with van der Waals surface area (Å²) in [5.41, 5.74) is 3.77. The van der Waals surface area contributed by atoms with Gasteiger partial charge in [-0.25, -0.2) is 4.98 Å². The van der Waals surface area contributed by atoms with Gasteiger partial charge in [0.25, 0.3) is 5.91 Å². The van der Waals surface area contributed by atoms with Crippen molar-refractivity contribution >= 4 is 28.3 Å². The molecule has 158 valence electrons. The molecular formula is C22H16F3N3O2S. The zero-order valence-corrected chi connectivity index (χ0v) is 16.8. The molecule has 5 rings (SSSR count). The number of thiophene rings is 1. The van der Waals surface area contributed by atoms with Crippen molar-refractivity contribution in [1.29, 1.82) is 0 Å². The standard InChI is InChI=1S/C22H16F3N3O2S/c23-22(24,25)30-15-4-1-13(2-5-15)20-16-8-10-31-19(16)7-9-28(20)21(29)14-3-6-17-18(11-14)27-12-26-17/h1-6,8,10-12,20H,7,9H2,(H,26,27). The molecule has 0 spiro atoms. The van der Waals surface area contributed by atoms with E-state index in [1.807, 2.05) is 17.5 Å². The van der Waals surface area contributed by atoms with E-state index >= 15 is 0 Å². The molecule has 1 unspecified atom stereocenters. The minimum absolute atomic E-state index is 0.151. The third-order valence-electron chi connectivity index (χ3n) is 5.32. The molecule has 1 aliphatic heterocycles. The first-order valence-electron chi connectivity index (χ1n) is 9.55. The maximum absolute atomic E-state index is 13.5. The second-order valence-corrected chi connectivity index (χ2v) is 8.20. The summed E-state index contributed by atoms with van der Waals surface area (Å²) in [4.78, 5) is 23.6. The third kappa shape index (κ3) is 3.76. The predicted octanol–water partition coefficient (Wildman–Crippen LogP) is 5.31. The topological polar surface area (TPSA) is 58.2 Å². The summed E-state index contributed by atoms with van der Waals surface area (Å²) in [7, 11) is 0. The van der Waals surface area contributed by atoms with Crippen LogP contribution in [0.1, 0.15) is 32.4 Å². The first kappa shape index (κ1) is 19.6. The Morgan fingerprint density at radius 1 is 1.16 bits per heavy atom. The number of amides is 1. The second-order valence-electron chi connectivity index (χ2n) is 7.20. The van der Waals surface area contributed by atoms with Gasteiger partial charge >= 0.3 is 6.36 Å². The summed E-state index contributed by atoms with van der Waals surface area (Å²) in [6, 6.07) is 12.6. The van der Waals surface area contributed by atoms with E-state index < -0.39 is 12.4 Å². The number of halogens is 3. The van der Waals surface area contributed by atoms with Gasteiger partial charge in [-0.3, -0.25) is 4.79 Å². The number of carbonyl (C=O) groups excluding carboxylic acids is 1. The van der Waals surface area contributed by atoms with Crippen molar-refractivity contribution in [3.05, 3.63) is 81.8 Å². The van der Waals surface area contributed by atoms with Crippen LogP contribution in [-0.2, 0) is 6.42 Å². The minimum Gasteiger partial charge on any atom is -0.406 e. The normalized spacial score (nSPS) is 16.4. The Bertz CT molecular complexity index is 1250. The van der Waals surface area contributed by atoms with Crippen LogP contribution in [0, 0.1) is 0 Å². The molecule has 9 heteroatoms. The number of alkyl halides is 3. The number of aromatic amines is 1. The van der Waals surface area contributed by atoms with E-state index in [9.17, 15) is 18.0 Å². The van der Waals surface area contributed by atoms with Crippen LogP contribution in [0.3, 0.4) is 0 Å². The fourth-order valence-electron chi connectivity index (χ4n) is 3.98. The first-order chi connectivity index (χ1) is 14.9. The maximum Gasteiger partial charge on any atom is 0.573 e. The largest absolute Gasteiger partial charge is 0.573 e. The molecule has 1 aliphatic rings. The molecule has 5 nitrogen and oxygen atoms in total. The molecule has 0 fully saturated rings. The highest BCUT2D eigenvalue weighted by Gasteiger charge is 2.34. The van der Waals surface area contributed by atoms with Crippen LogP contribution in [0.4, 0.5) is 13.2 Å². The van der Waals surface area contributed by atoms with E-state index in [2.05, 4.69) is 14.7 Å². The molecule has 2 aromatic carbocycles. The minimum atomic E-state index is -4.75. The summed E-state index contributed by atoms with van der Waals surface area (Å²) in [5, 5.41) is 1.97. The number of hydrogen-bond donors (Lipinski definition) is 1. The predicted molar refractivity (Wildman–Crippen MR) is 110 cm³/mol. The van der Waals surface area contributed by atoms with E-state index in [1.54, 1.807) is 46.8 Å². The van der Waals surface area contributed by atoms with Crippen molar-refractivity contribution < 1.29 is 22.7 Å². The molecule has 31 heavy (non-hydrogen) atoms. The van der Waals surface area contributed by atoms with E-state index in [0.29, 0.717) is 17.6 Å². The van der Waals surface area contributed by atoms with Crippen LogP contribution in [0.2, 0.25) is 0 Å². The average molecular weight is 443 g/mol. The molecular weight excluding hydrogens is 427 g/mol. The highest BCUT2D eigenvalue weighted by atomic mass is 32.1. The lowest BCUT2D eigenvalue weighted by Crippen LogP contribution is -2.40. The Labute approximate surface area is 179 Å². The van der Waals surface area contributed by atoms with Gasteiger partial charge in [0.05, 0.1) is 23.4 Å². The molecule has 1 N–H and O–H groups in total. The summed E-state index contributed by atoms with van der Waals surface area (Å²) >= 11 is 1.62. The molecule has 2 aromatic heterocycles. The Morgan fingerprint density at radius 2 is 1.97 bits per heavy atom. The lowest BCUT2D eigenvalue weighted by atomic mass is 9.92. The zero-order valence-electron chi connectivity index (χ0n) is 16.0. The van der Waals surface area contributed by atoms with Gasteiger partial charge < -0.3 is 14.6 Å². The van der Waals surface area contributed by atoms with E-state index in [1.165, 1.54) is 17.0 Å². The Kier molecular flexibility index (Phi) is 4.70. The molecule has 1 amide bonds. The highest BCUT2D eigenvalue weighted by Crippen LogP contribution is 2.39. The maximum atomic E-state index is 13.5. The lowest BCUT2D eigenvalue weighted by molar-refractivity contribution is -0.274. The summed E-state index contributed by atoms with van der Waals surface area (Å²) < 4.78 is 41.5. The van der Waals surface area contributed by atoms with Gasteiger partial charge in [0.1, 0.15) is 5.75 Å². The van der Waals surface area contributed by atoms with Crippen molar-refractivity contribution in [3.63, 3.8) is 0 Å². The summed E-state index contributed by atoms with van der Waals surface area (Å²) in [6.45, 7) is 0.510. The van der Waals surface area contributed by atoms with Crippen LogP contribution in [0.15, 0.2) is 60.2 Å². The van der Waals surface area contributed by atoms with Crippen molar-refractivity contribution in [2.45, 2.75) is 18.8 Å². The Hall–Kier alpha value is -3.33. The van der Waals surface area contributed by atoms with Crippen LogP contribution in [0.25, 0.3) is 11.0 Å². The monoisotopic (exact) mass is 443 g/mol. The number of imidazole rings is 1. The number of nitrogens with one attached hydrogen (secondary N) is 1. The number of ether oxygens (including phenoxy) is 1. The number of aromatic nitrogens is 2. The van der Waals surface area contributed by atoms with Gasteiger partial charge in [0, 0.05) is 17.0 Å². The van der Waals surface area contributed by atoms with Gasteiger partial charge in [-0.2, -0.15) is 0 Å². The molecule has 0 saturated carbocycles. The van der Waals surface area contributed by atoms with Crippen LogP contribution < -0.4 is 4.74 Å². The van der Waals surface area contributed by atoms with Gasteiger partial charge in [-0.1, -0.05) is 12.1 Å². The fourth-order valence-corrected chi connectivity index (χ4v) is 4.88. The van der Waals surface area contributed by atoms with Gasteiger partial charge in [-0.05, 0) is 59.3 Å². The average Bonchev–Trinajstić information content (AvgIpc) is 3.40. The number of nitrogens with zero attached hydrogens (tertiary/aromatic N) is 2. The number of fused-ring (bicyclic) bond motifs is 2. The molecule has 1 atom stereocenters. The molecule has 0 saturated heterocycles. The third-order valence-corrected chi connectivity index (χ3v) is 6.32. The quantitative estimate of drug-likeness (QED) is 0.467. The van der Waals surface area contributed by atoms with Crippen LogP contribution >= 0.6 is 11.3 Å². The fraction of sp³-hybridized carbons (Fsp3) is 0.182. The molecule has 0 aliphatic carbocycles. The number of hydrogen-bond acceptors (Lipinski definition) is 4. The van der Waals surface area contributed by atoms with E-state index in [0.717, 1.165) is 23.1 Å². The highest BCUT2D eigenvalue weighted by molar-refractivity contribution is 7.10. The van der Waals surface area contributed by atoms with Gasteiger partial charge in [0.15, 0.2) is 0 Å². The van der Waals surface area contributed by atoms with Crippen molar-refractivity contribution in [3.8, 4) is 5.75 Å². The Balaban J connectivity index is 1.51. The Morgan fingerprint density at radius 3 is 2.74 bits per heavy atom. The SMILES string of the molecule is O=C(c1ccc2[nH]cnc2c1)N1CCc2sccc2C1c1ccc(OC(F)(F)F)cc1. The second kappa shape index (κ2) is 7.42. The van der Waals surface area contributed by atoms with Crippen LogP contribution in [0.5, 0.6) is 5.75 Å². The summed E-state index contributed by atoms with van der Waals surface area (Å²) in [6.07, 6.45) is -2.44. The van der Waals surface area contributed by atoms with Gasteiger partial charge in [0.2, 0.25) is 0 Å². The first-order valence-corrected chi connectivity index (χ1v) is 10.4. The molecule has 4 aromatic rings. The van der Waals surface area contributed by atoms with Crippen molar-refractivity contribution in [2.75, 3.05) is 6.54 Å².